The standard InChI is InChI=1S/C20H22N4O8S/c1-15-2-4-19(5-3-15)33(30,31)22-8-6-21(7-9-22)10-11-32-20(25)16-12-17(23(26)27)14-18(13-16)24(28)29/h2-5,12-14H,6-11H2,1H3. The van der Waals surface area contributed by atoms with Crippen LogP contribution in [0.1, 0.15) is 15.9 Å². The highest BCUT2D eigenvalue weighted by molar-refractivity contribution is 7.89. The van der Waals surface area contributed by atoms with Crippen molar-refractivity contribution in [1.82, 2.24) is 9.21 Å². The number of piperazine rings is 1. The van der Waals surface area contributed by atoms with Gasteiger partial charge in [0.05, 0.1) is 26.4 Å². The molecule has 2 aromatic rings. The van der Waals surface area contributed by atoms with Gasteiger partial charge in [-0.2, -0.15) is 4.31 Å². The smallest absolute Gasteiger partial charge is 0.338 e. The van der Waals surface area contributed by atoms with Gasteiger partial charge in [0, 0.05) is 44.9 Å². The first kappa shape index (κ1) is 24.2. The van der Waals surface area contributed by atoms with Crippen LogP contribution in [0.2, 0.25) is 0 Å². The van der Waals surface area contributed by atoms with E-state index in [1.165, 1.54) is 4.31 Å². The summed E-state index contributed by atoms with van der Waals surface area (Å²) in [6.07, 6.45) is 0. The van der Waals surface area contributed by atoms with Gasteiger partial charge >= 0.3 is 5.97 Å². The summed E-state index contributed by atoms with van der Waals surface area (Å²) in [6.45, 7) is 3.57. The zero-order chi connectivity index (χ0) is 24.2. The van der Waals surface area contributed by atoms with E-state index in [1.807, 2.05) is 11.8 Å². The Morgan fingerprint density at radius 2 is 1.52 bits per heavy atom. The van der Waals surface area contributed by atoms with Crippen molar-refractivity contribution in [2.24, 2.45) is 0 Å². The first-order valence-electron chi connectivity index (χ1n) is 9.98. The second kappa shape index (κ2) is 10.0. The third-order valence-corrected chi connectivity index (χ3v) is 7.10. The second-order valence-corrected chi connectivity index (χ2v) is 9.38. The Hall–Kier alpha value is -3.42. The maximum absolute atomic E-state index is 12.8. The molecule has 0 N–H and O–H groups in total. The Balaban J connectivity index is 1.52. The van der Waals surface area contributed by atoms with Crippen LogP contribution in [-0.4, -0.2) is 72.8 Å². The van der Waals surface area contributed by atoms with E-state index in [0.717, 1.165) is 23.8 Å². The summed E-state index contributed by atoms with van der Waals surface area (Å²) in [5, 5.41) is 21.9. The normalized spacial score (nSPS) is 15.2. The summed E-state index contributed by atoms with van der Waals surface area (Å²) >= 11 is 0. The van der Waals surface area contributed by atoms with Crippen LogP contribution in [0.25, 0.3) is 0 Å². The summed E-state index contributed by atoms with van der Waals surface area (Å²) in [4.78, 5) is 34.6. The van der Waals surface area contributed by atoms with Crippen LogP contribution in [0.3, 0.4) is 0 Å². The topological polar surface area (TPSA) is 153 Å². The molecule has 0 radical (unpaired) electrons. The number of non-ortho nitro benzene ring substituents is 2. The molecule has 0 bridgehead atoms. The lowest BCUT2D eigenvalue weighted by molar-refractivity contribution is -0.394. The van der Waals surface area contributed by atoms with Crippen LogP contribution < -0.4 is 0 Å². The van der Waals surface area contributed by atoms with E-state index in [9.17, 15) is 33.4 Å². The highest BCUT2D eigenvalue weighted by Gasteiger charge is 2.28. The van der Waals surface area contributed by atoms with Crippen molar-refractivity contribution in [3.8, 4) is 0 Å². The number of carbonyl (C=O) groups is 1. The molecule has 0 saturated carbocycles. The third kappa shape index (κ3) is 5.88. The molecule has 0 spiro atoms. The van der Waals surface area contributed by atoms with Crippen molar-refractivity contribution in [3.63, 3.8) is 0 Å². The highest BCUT2D eigenvalue weighted by atomic mass is 32.2. The van der Waals surface area contributed by atoms with Gasteiger partial charge in [-0.1, -0.05) is 17.7 Å². The Morgan fingerprint density at radius 3 is 2.03 bits per heavy atom. The molecule has 13 heteroatoms. The molecule has 1 saturated heterocycles. The molecule has 0 aliphatic carbocycles. The zero-order valence-corrected chi connectivity index (χ0v) is 18.6. The fourth-order valence-electron chi connectivity index (χ4n) is 3.33. The van der Waals surface area contributed by atoms with Gasteiger partial charge in [-0.25, -0.2) is 13.2 Å². The molecule has 0 amide bonds. The summed E-state index contributed by atoms with van der Waals surface area (Å²) in [5.41, 5.74) is -0.484. The van der Waals surface area contributed by atoms with Crippen LogP contribution in [0, 0.1) is 27.2 Å². The molecule has 1 fully saturated rings. The molecule has 0 aromatic heterocycles. The van der Waals surface area contributed by atoms with Crippen LogP contribution >= 0.6 is 0 Å². The fraction of sp³-hybridized carbons (Fsp3) is 0.350. The second-order valence-electron chi connectivity index (χ2n) is 7.45. The Bertz CT molecular complexity index is 1130. The van der Waals surface area contributed by atoms with E-state index in [2.05, 4.69) is 0 Å². The van der Waals surface area contributed by atoms with Gasteiger partial charge in [-0.05, 0) is 19.1 Å². The monoisotopic (exact) mass is 478 g/mol. The minimum atomic E-state index is -3.58. The van der Waals surface area contributed by atoms with E-state index in [-0.39, 0.29) is 30.2 Å². The van der Waals surface area contributed by atoms with Gasteiger partial charge in [-0.15, -0.1) is 0 Å². The third-order valence-electron chi connectivity index (χ3n) is 5.19. The summed E-state index contributed by atoms with van der Waals surface area (Å²) in [6, 6.07) is 9.25. The summed E-state index contributed by atoms with van der Waals surface area (Å²) < 4.78 is 32.0. The largest absolute Gasteiger partial charge is 0.461 e. The van der Waals surface area contributed by atoms with Gasteiger partial charge in [0.25, 0.3) is 11.4 Å². The Morgan fingerprint density at radius 1 is 0.970 bits per heavy atom. The zero-order valence-electron chi connectivity index (χ0n) is 17.7. The van der Waals surface area contributed by atoms with Crippen LogP contribution in [0.5, 0.6) is 0 Å². The number of nitro groups is 2. The molecule has 33 heavy (non-hydrogen) atoms. The molecule has 3 rings (SSSR count). The predicted molar refractivity (Wildman–Crippen MR) is 116 cm³/mol. The van der Waals surface area contributed by atoms with Gasteiger partial charge in [0.15, 0.2) is 0 Å². The number of ether oxygens (including phenoxy) is 1. The molecule has 12 nitrogen and oxygen atoms in total. The number of nitrogens with zero attached hydrogens (tertiary/aromatic N) is 4. The van der Waals surface area contributed by atoms with E-state index in [1.54, 1.807) is 24.3 Å². The lowest BCUT2D eigenvalue weighted by Gasteiger charge is -2.33. The van der Waals surface area contributed by atoms with Crippen molar-refractivity contribution >= 4 is 27.4 Å². The van der Waals surface area contributed by atoms with Crippen molar-refractivity contribution in [2.45, 2.75) is 11.8 Å². The van der Waals surface area contributed by atoms with Gasteiger partial charge in [0.1, 0.15) is 6.61 Å². The van der Waals surface area contributed by atoms with Crippen LogP contribution in [0.15, 0.2) is 47.4 Å². The number of esters is 1. The SMILES string of the molecule is Cc1ccc(S(=O)(=O)N2CCN(CCOC(=O)c3cc([N+](=O)[O-])cc([N+](=O)[O-])c3)CC2)cc1. The lowest BCUT2D eigenvalue weighted by Crippen LogP contribution is -2.49. The summed E-state index contributed by atoms with van der Waals surface area (Å²) in [7, 11) is -3.58. The fourth-order valence-corrected chi connectivity index (χ4v) is 4.75. The van der Waals surface area contributed by atoms with Gasteiger partial charge < -0.3 is 4.74 Å². The molecule has 0 atom stereocenters. The van der Waals surface area contributed by atoms with Crippen molar-refractivity contribution in [2.75, 3.05) is 39.3 Å². The van der Waals surface area contributed by atoms with E-state index >= 15 is 0 Å². The molecule has 0 unspecified atom stereocenters. The van der Waals surface area contributed by atoms with Crippen molar-refractivity contribution < 1.29 is 27.8 Å². The number of sulfonamides is 1. The maximum Gasteiger partial charge on any atom is 0.338 e. The molecule has 176 valence electrons. The average molecular weight is 478 g/mol. The quantitative estimate of drug-likeness (QED) is 0.315. The maximum atomic E-state index is 12.8. The van der Waals surface area contributed by atoms with E-state index in [0.29, 0.717) is 19.6 Å². The van der Waals surface area contributed by atoms with Crippen LogP contribution in [-0.2, 0) is 14.8 Å². The van der Waals surface area contributed by atoms with Crippen molar-refractivity contribution in [3.05, 3.63) is 73.8 Å². The number of benzene rings is 2. The predicted octanol–water partition coefficient (Wildman–Crippen LogP) is 1.97. The minimum absolute atomic E-state index is 0.0555. The number of hydrogen-bond donors (Lipinski definition) is 0. The first-order valence-corrected chi connectivity index (χ1v) is 11.4. The van der Waals surface area contributed by atoms with E-state index < -0.39 is 37.2 Å². The van der Waals surface area contributed by atoms with Gasteiger partial charge in [0.2, 0.25) is 10.0 Å². The highest BCUT2D eigenvalue weighted by Crippen LogP contribution is 2.23. The number of nitro benzene ring substituents is 2. The van der Waals surface area contributed by atoms with E-state index in [4.69, 9.17) is 4.74 Å². The summed E-state index contributed by atoms with van der Waals surface area (Å²) in [5.74, 6) is -0.914. The number of carbonyl (C=O) groups excluding carboxylic acids is 1. The number of rotatable bonds is 8. The van der Waals surface area contributed by atoms with Crippen molar-refractivity contribution in [1.29, 1.82) is 0 Å². The first-order chi connectivity index (χ1) is 15.6. The lowest BCUT2D eigenvalue weighted by atomic mass is 10.2. The Labute approximate surface area is 189 Å². The molecule has 1 aliphatic rings. The molecular formula is C20H22N4O8S. The molecule has 1 heterocycles. The number of aryl methyl sites for hydroxylation is 1. The minimum Gasteiger partial charge on any atom is -0.461 e. The van der Waals surface area contributed by atoms with Gasteiger partial charge in [-0.3, -0.25) is 25.1 Å². The average Bonchev–Trinajstić information content (AvgIpc) is 2.79. The molecule has 2 aromatic carbocycles. The number of hydrogen-bond acceptors (Lipinski definition) is 9. The Kier molecular flexibility index (Phi) is 7.36. The molecule has 1 aliphatic heterocycles. The van der Waals surface area contributed by atoms with Crippen LogP contribution in [0.4, 0.5) is 11.4 Å². The molecular weight excluding hydrogens is 456 g/mol.